The lowest BCUT2D eigenvalue weighted by molar-refractivity contribution is -0.138. The van der Waals surface area contributed by atoms with Crippen LogP contribution in [0.3, 0.4) is 0 Å². The Kier molecular flexibility index (Phi) is 9.34. The van der Waals surface area contributed by atoms with Crippen molar-refractivity contribution in [1.29, 1.82) is 5.26 Å². The molecule has 1 aliphatic heterocycles. The Labute approximate surface area is 214 Å². The number of unbranched alkanes of at least 4 members (excludes halogenated alkanes) is 1. The summed E-state index contributed by atoms with van der Waals surface area (Å²) >= 11 is 6.29. The number of likely N-dealkylation sites (tertiary alicyclic amines) is 1. The average molecular weight is 494 g/mol. The number of carbonyl (C=O) groups excluding carboxylic acids is 2. The van der Waals surface area contributed by atoms with Crippen LogP contribution in [0.2, 0.25) is 5.02 Å². The van der Waals surface area contributed by atoms with Crippen LogP contribution in [0.1, 0.15) is 69.1 Å². The lowest BCUT2D eigenvalue weighted by atomic mass is 9.69. The van der Waals surface area contributed by atoms with E-state index in [9.17, 15) is 14.9 Å². The fourth-order valence-corrected chi connectivity index (χ4v) is 5.39. The minimum Gasteiger partial charge on any atom is -0.350 e. The zero-order valence-corrected chi connectivity index (χ0v) is 21.8. The largest absolute Gasteiger partial charge is 0.350 e. The Morgan fingerprint density at radius 1 is 1.17 bits per heavy atom. The van der Waals surface area contributed by atoms with Gasteiger partial charge in [0.05, 0.1) is 11.5 Å². The molecule has 5 nitrogen and oxygen atoms in total. The summed E-state index contributed by atoms with van der Waals surface area (Å²) in [6, 6.07) is 17.8. The van der Waals surface area contributed by atoms with Crippen molar-refractivity contribution in [2.45, 2.75) is 77.3 Å². The predicted molar refractivity (Wildman–Crippen MR) is 140 cm³/mol. The van der Waals surface area contributed by atoms with Gasteiger partial charge in [0.2, 0.25) is 11.8 Å². The molecule has 1 saturated heterocycles. The maximum Gasteiger partial charge on any atom is 0.243 e. The van der Waals surface area contributed by atoms with E-state index in [0.717, 1.165) is 29.5 Å². The maximum absolute atomic E-state index is 13.0. The van der Waals surface area contributed by atoms with Gasteiger partial charge in [-0.25, -0.2) is 0 Å². The van der Waals surface area contributed by atoms with Crippen molar-refractivity contribution in [1.82, 2.24) is 10.2 Å². The van der Waals surface area contributed by atoms with Crippen LogP contribution in [0.4, 0.5) is 0 Å². The first-order valence-electron chi connectivity index (χ1n) is 12.6. The highest BCUT2D eigenvalue weighted by Gasteiger charge is 2.36. The Morgan fingerprint density at radius 3 is 2.57 bits per heavy atom. The van der Waals surface area contributed by atoms with Crippen LogP contribution >= 0.6 is 11.6 Å². The lowest BCUT2D eigenvalue weighted by Gasteiger charge is -2.31. The first kappa shape index (κ1) is 26.8. The van der Waals surface area contributed by atoms with Crippen molar-refractivity contribution in [3.63, 3.8) is 0 Å². The Balaban J connectivity index is 1.53. The third-order valence-corrected chi connectivity index (χ3v) is 7.71. The molecule has 0 spiro atoms. The monoisotopic (exact) mass is 493 g/mol. The van der Waals surface area contributed by atoms with Gasteiger partial charge in [-0.3, -0.25) is 9.59 Å². The quantitative estimate of drug-likeness (QED) is 0.416. The third kappa shape index (κ3) is 6.24. The number of nitriles is 1. The van der Waals surface area contributed by atoms with E-state index in [2.05, 4.69) is 25.2 Å². The number of benzene rings is 2. The summed E-state index contributed by atoms with van der Waals surface area (Å²) in [6.07, 6.45) is 4.08. The number of nitrogens with one attached hydrogen (secondary N) is 1. The van der Waals surface area contributed by atoms with E-state index in [1.165, 1.54) is 0 Å². The zero-order chi connectivity index (χ0) is 25.4. The molecule has 1 fully saturated rings. The molecule has 1 unspecified atom stereocenters. The van der Waals surface area contributed by atoms with E-state index in [0.29, 0.717) is 43.8 Å². The number of hydrogen-bond donors (Lipinski definition) is 1. The fraction of sp³-hybridized carbons (Fsp3) is 0.483. The molecule has 1 heterocycles. The first-order chi connectivity index (χ1) is 16.8. The summed E-state index contributed by atoms with van der Waals surface area (Å²) in [5.41, 5.74) is 2.41. The second-order valence-corrected chi connectivity index (χ2v) is 10.2. The molecule has 6 heteroatoms. The number of halogens is 1. The maximum atomic E-state index is 13.0. The predicted octanol–water partition coefficient (Wildman–Crippen LogP) is 5.93. The Hall–Kier alpha value is -2.84. The molecule has 2 amide bonds. The van der Waals surface area contributed by atoms with E-state index in [1.54, 1.807) is 4.90 Å². The molecule has 0 radical (unpaired) electrons. The Morgan fingerprint density at radius 2 is 1.91 bits per heavy atom. The van der Waals surface area contributed by atoms with Crippen molar-refractivity contribution in [3.05, 3.63) is 70.2 Å². The zero-order valence-electron chi connectivity index (χ0n) is 21.0. The number of nitrogens with zero attached hydrogens (tertiary/aromatic N) is 2. The van der Waals surface area contributed by atoms with E-state index >= 15 is 0 Å². The molecule has 1 N–H and O–H groups in total. The summed E-state index contributed by atoms with van der Waals surface area (Å²) in [5.74, 6) is 0.0601. The number of carbonyl (C=O) groups is 2. The van der Waals surface area contributed by atoms with Crippen LogP contribution in [0.15, 0.2) is 48.5 Å². The van der Waals surface area contributed by atoms with Gasteiger partial charge in [-0.05, 0) is 61.3 Å². The first-order valence-corrected chi connectivity index (χ1v) is 13.0. The topological polar surface area (TPSA) is 73.2 Å². The average Bonchev–Trinajstić information content (AvgIpc) is 3.34. The standard InChI is InChI=1S/C29H36ClN3O2/c1-21(2)29(20-31,23-12-5-4-6-13-23)17-8-7-16-27(34)33-18-10-15-26(33)28(35)32-19-24-22(3)11-9-14-25(24)30/h4-6,9,11-14,21,26H,7-8,10,15-19H2,1-3H3,(H,32,35)/t26-,29?/m1/s1. The molecule has 2 aromatic rings. The van der Waals surface area contributed by atoms with Crippen molar-refractivity contribution in [3.8, 4) is 6.07 Å². The van der Waals surface area contributed by atoms with Crippen LogP contribution in [0, 0.1) is 24.2 Å². The van der Waals surface area contributed by atoms with Crippen LogP contribution in [-0.2, 0) is 21.5 Å². The van der Waals surface area contributed by atoms with E-state index < -0.39 is 11.5 Å². The van der Waals surface area contributed by atoms with Crippen LogP contribution in [-0.4, -0.2) is 29.3 Å². The van der Waals surface area contributed by atoms with Gasteiger partial charge in [-0.15, -0.1) is 0 Å². The summed E-state index contributed by atoms with van der Waals surface area (Å²) in [5, 5.41) is 13.7. The molecule has 2 aromatic carbocycles. The van der Waals surface area contributed by atoms with Gasteiger partial charge in [0.15, 0.2) is 0 Å². The smallest absolute Gasteiger partial charge is 0.243 e. The molecule has 0 aliphatic carbocycles. The number of hydrogen-bond acceptors (Lipinski definition) is 3. The Bertz CT molecular complexity index is 1040. The van der Waals surface area contributed by atoms with E-state index in [-0.39, 0.29) is 17.7 Å². The summed E-state index contributed by atoms with van der Waals surface area (Å²) < 4.78 is 0. The highest BCUT2D eigenvalue weighted by molar-refractivity contribution is 6.31. The SMILES string of the molecule is Cc1cccc(Cl)c1CNC(=O)[C@H]1CCCN1C(=O)CCCCC(C#N)(c1ccccc1)C(C)C. The van der Waals surface area contributed by atoms with Crippen LogP contribution in [0.5, 0.6) is 0 Å². The second-order valence-electron chi connectivity index (χ2n) is 9.81. The molecular formula is C29H36ClN3O2. The molecule has 35 heavy (non-hydrogen) atoms. The number of aryl methyl sites for hydroxylation is 1. The number of amides is 2. The van der Waals surface area contributed by atoms with Crippen LogP contribution in [0.25, 0.3) is 0 Å². The molecule has 186 valence electrons. The molecule has 1 aliphatic rings. The fourth-order valence-electron chi connectivity index (χ4n) is 5.10. The molecule has 2 atom stereocenters. The number of rotatable bonds is 10. The minimum atomic E-state index is -0.558. The summed E-state index contributed by atoms with van der Waals surface area (Å²) in [6.45, 7) is 7.10. The van der Waals surface area contributed by atoms with Crippen molar-refractivity contribution < 1.29 is 9.59 Å². The van der Waals surface area contributed by atoms with Gasteiger partial charge in [0.1, 0.15) is 6.04 Å². The van der Waals surface area contributed by atoms with Crippen molar-refractivity contribution in [2.24, 2.45) is 5.92 Å². The highest BCUT2D eigenvalue weighted by Crippen LogP contribution is 2.37. The second kappa shape index (κ2) is 12.2. The summed E-state index contributed by atoms with van der Waals surface area (Å²) in [7, 11) is 0. The molecular weight excluding hydrogens is 458 g/mol. The van der Waals surface area contributed by atoms with E-state index in [1.807, 2.05) is 55.5 Å². The van der Waals surface area contributed by atoms with Crippen molar-refractivity contribution >= 4 is 23.4 Å². The van der Waals surface area contributed by atoms with Gasteiger partial charge in [0.25, 0.3) is 0 Å². The molecule has 0 saturated carbocycles. The molecule has 0 bridgehead atoms. The van der Waals surface area contributed by atoms with Gasteiger partial charge in [0, 0.05) is 24.5 Å². The summed E-state index contributed by atoms with van der Waals surface area (Å²) in [4.78, 5) is 27.6. The third-order valence-electron chi connectivity index (χ3n) is 7.35. The van der Waals surface area contributed by atoms with Gasteiger partial charge in [-0.2, -0.15) is 5.26 Å². The van der Waals surface area contributed by atoms with Crippen LogP contribution < -0.4 is 5.32 Å². The lowest BCUT2D eigenvalue weighted by Crippen LogP contribution is -2.45. The minimum absolute atomic E-state index is 0.0170. The van der Waals surface area contributed by atoms with Crippen molar-refractivity contribution in [2.75, 3.05) is 6.54 Å². The molecule has 3 rings (SSSR count). The van der Waals surface area contributed by atoms with Gasteiger partial charge >= 0.3 is 0 Å². The van der Waals surface area contributed by atoms with E-state index in [4.69, 9.17) is 11.6 Å². The molecule has 0 aromatic heterocycles. The normalized spacial score (nSPS) is 17.1. The highest BCUT2D eigenvalue weighted by atomic mass is 35.5. The van der Waals surface area contributed by atoms with Gasteiger partial charge < -0.3 is 10.2 Å². The van der Waals surface area contributed by atoms with Gasteiger partial charge in [-0.1, -0.05) is 74.3 Å².